The lowest BCUT2D eigenvalue weighted by Crippen LogP contribution is -2.44. The average Bonchev–Trinajstić information content (AvgIpc) is 3.19. The molecule has 0 aromatic carbocycles. The van der Waals surface area contributed by atoms with Crippen LogP contribution in [0.15, 0.2) is 34.5 Å². The van der Waals surface area contributed by atoms with E-state index in [-0.39, 0.29) is 29.8 Å². The molecule has 136 valence electrons. The summed E-state index contributed by atoms with van der Waals surface area (Å²) in [5.74, 6) is 0. The number of imidazole rings is 1. The highest BCUT2D eigenvalue weighted by atomic mass is 32.2. The second kappa shape index (κ2) is 6.70. The predicted molar refractivity (Wildman–Crippen MR) is 89.8 cm³/mol. The average molecular weight is 367 g/mol. The number of hydrogen-bond acceptors (Lipinski definition) is 6. The monoisotopic (exact) mass is 367 g/mol. The molecule has 2 unspecified atom stereocenters. The standard InChI is InChI=1S/C15H21N5O4S/c1-10(2)19-6-14(16-9-19)25(22,23)18-12-7-24-8-13(12)20-15(21)5-4-11(3)17-20/h4-6,9-10,12-13,18H,7-8H2,1-3H3. The maximum atomic E-state index is 12.6. The Bertz CT molecular complexity index is 918. The molecule has 0 bridgehead atoms. The molecule has 2 aromatic rings. The van der Waals surface area contributed by atoms with Crippen LogP contribution in [-0.4, -0.2) is 47.0 Å². The molecular weight excluding hydrogens is 346 g/mol. The third-order valence-corrected chi connectivity index (χ3v) is 5.45. The van der Waals surface area contributed by atoms with Gasteiger partial charge < -0.3 is 9.30 Å². The topological polar surface area (TPSA) is 108 Å². The van der Waals surface area contributed by atoms with Crippen LogP contribution in [0.3, 0.4) is 0 Å². The smallest absolute Gasteiger partial charge is 0.267 e. The molecule has 0 spiro atoms. The van der Waals surface area contributed by atoms with Crippen LogP contribution in [0.2, 0.25) is 0 Å². The zero-order valence-corrected chi connectivity index (χ0v) is 15.1. The summed E-state index contributed by atoms with van der Waals surface area (Å²) >= 11 is 0. The van der Waals surface area contributed by atoms with Gasteiger partial charge in [0.15, 0.2) is 5.03 Å². The minimum Gasteiger partial charge on any atom is -0.377 e. The summed E-state index contributed by atoms with van der Waals surface area (Å²) in [5, 5.41) is 4.15. The van der Waals surface area contributed by atoms with Crippen LogP contribution < -0.4 is 10.3 Å². The van der Waals surface area contributed by atoms with Crippen LogP contribution in [0.25, 0.3) is 0 Å². The van der Waals surface area contributed by atoms with Gasteiger partial charge in [0.25, 0.3) is 15.6 Å². The first-order chi connectivity index (χ1) is 11.8. The third-order valence-electron chi connectivity index (χ3n) is 4.08. The minimum atomic E-state index is -3.83. The van der Waals surface area contributed by atoms with Crippen molar-refractivity contribution < 1.29 is 13.2 Å². The molecule has 1 aliphatic heterocycles. The lowest BCUT2D eigenvalue weighted by molar-refractivity contribution is 0.181. The van der Waals surface area contributed by atoms with Crippen molar-refractivity contribution in [3.05, 3.63) is 40.7 Å². The van der Waals surface area contributed by atoms with Crippen LogP contribution in [0.1, 0.15) is 31.6 Å². The number of sulfonamides is 1. The summed E-state index contributed by atoms with van der Waals surface area (Å²) in [4.78, 5) is 16.0. The Kier molecular flexibility index (Phi) is 4.76. The number of aromatic nitrogens is 4. The van der Waals surface area contributed by atoms with Crippen LogP contribution in [-0.2, 0) is 14.8 Å². The van der Waals surface area contributed by atoms with Crippen LogP contribution in [0.5, 0.6) is 0 Å². The lowest BCUT2D eigenvalue weighted by Gasteiger charge is -2.19. The number of rotatable bonds is 5. The first-order valence-electron chi connectivity index (χ1n) is 7.98. The van der Waals surface area contributed by atoms with Crippen LogP contribution >= 0.6 is 0 Å². The van der Waals surface area contributed by atoms with Crippen molar-refractivity contribution in [1.29, 1.82) is 0 Å². The van der Waals surface area contributed by atoms with Gasteiger partial charge in [-0.05, 0) is 26.8 Å². The molecule has 10 heteroatoms. The Morgan fingerprint density at radius 3 is 2.76 bits per heavy atom. The summed E-state index contributed by atoms with van der Waals surface area (Å²) < 4.78 is 36.2. The highest BCUT2D eigenvalue weighted by Gasteiger charge is 2.35. The third kappa shape index (κ3) is 3.65. The molecule has 9 nitrogen and oxygen atoms in total. The van der Waals surface area contributed by atoms with Gasteiger partial charge in [0.1, 0.15) is 0 Å². The number of ether oxygens (including phenoxy) is 1. The van der Waals surface area contributed by atoms with Gasteiger partial charge in [-0.3, -0.25) is 4.79 Å². The molecule has 0 aliphatic carbocycles. The van der Waals surface area contributed by atoms with Gasteiger partial charge in [0.05, 0.1) is 37.3 Å². The highest BCUT2D eigenvalue weighted by molar-refractivity contribution is 7.89. The molecule has 1 N–H and O–H groups in total. The van der Waals surface area contributed by atoms with E-state index in [1.54, 1.807) is 17.6 Å². The van der Waals surface area contributed by atoms with Gasteiger partial charge in [0, 0.05) is 18.3 Å². The zero-order valence-electron chi connectivity index (χ0n) is 14.3. The molecule has 3 heterocycles. The molecule has 0 saturated carbocycles. The molecule has 0 radical (unpaired) electrons. The van der Waals surface area contributed by atoms with Crippen LogP contribution in [0, 0.1) is 6.92 Å². The first-order valence-corrected chi connectivity index (χ1v) is 9.46. The van der Waals surface area contributed by atoms with Gasteiger partial charge in [-0.2, -0.15) is 5.10 Å². The van der Waals surface area contributed by atoms with E-state index in [1.807, 2.05) is 13.8 Å². The van der Waals surface area contributed by atoms with E-state index in [2.05, 4.69) is 14.8 Å². The quantitative estimate of drug-likeness (QED) is 0.811. The fraction of sp³-hybridized carbons (Fsp3) is 0.533. The highest BCUT2D eigenvalue weighted by Crippen LogP contribution is 2.20. The molecule has 2 atom stereocenters. The summed E-state index contributed by atoms with van der Waals surface area (Å²) in [6, 6.07) is 2.03. The normalized spacial score (nSPS) is 21.1. The largest absolute Gasteiger partial charge is 0.377 e. The van der Waals surface area contributed by atoms with E-state index in [9.17, 15) is 13.2 Å². The van der Waals surface area contributed by atoms with Gasteiger partial charge in [-0.1, -0.05) is 0 Å². The summed E-state index contributed by atoms with van der Waals surface area (Å²) in [7, 11) is -3.83. The van der Waals surface area contributed by atoms with Crippen molar-refractivity contribution >= 4 is 10.0 Å². The van der Waals surface area contributed by atoms with Gasteiger partial charge in [-0.15, -0.1) is 0 Å². The van der Waals surface area contributed by atoms with Crippen molar-refractivity contribution in [3.63, 3.8) is 0 Å². The van der Waals surface area contributed by atoms with Gasteiger partial charge in [-0.25, -0.2) is 22.8 Å². The Morgan fingerprint density at radius 2 is 2.08 bits per heavy atom. The van der Waals surface area contributed by atoms with Gasteiger partial charge >= 0.3 is 0 Å². The fourth-order valence-electron chi connectivity index (χ4n) is 2.65. The summed E-state index contributed by atoms with van der Waals surface area (Å²) in [6.45, 7) is 6.01. The van der Waals surface area contributed by atoms with E-state index >= 15 is 0 Å². The van der Waals surface area contributed by atoms with E-state index in [4.69, 9.17) is 4.74 Å². The minimum absolute atomic E-state index is 0.0589. The van der Waals surface area contributed by atoms with Crippen molar-refractivity contribution in [2.24, 2.45) is 0 Å². The molecule has 2 aromatic heterocycles. The van der Waals surface area contributed by atoms with Crippen LogP contribution in [0.4, 0.5) is 0 Å². The summed E-state index contributed by atoms with van der Waals surface area (Å²) in [6.07, 6.45) is 2.96. The number of nitrogens with zero attached hydrogens (tertiary/aromatic N) is 4. The van der Waals surface area contributed by atoms with E-state index in [0.29, 0.717) is 5.69 Å². The SMILES string of the molecule is Cc1ccc(=O)n(C2COCC2NS(=O)(=O)c2cn(C(C)C)cn2)n1. The lowest BCUT2D eigenvalue weighted by atomic mass is 10.2. The van der Waals surface area contributed by atoms with Crippen molar-refractivity contribution in [2.45, 2.75) is 43.9 Å². The first kappa shape index (κ1) is 17.8. The Balaban J connectivity index is 1.85. The number of aryl methyl sites for hydroxylation is 1. The van der Waals surface area contributed by atoms with Gasteiger partial charge in [0.2, 0.25) is 0 Å². The summed E-state index contributed by atoms with van der Waals surface area (Å²) in [5.41, 5.74) is 0.373. The van der Waals surface area contributed by atoms with Crippen molar-refractivity contribution in [2.75, 3.05) is 13.2 Å². The Morgan fingerprint density at radius 1 is 1.32 bits per heavy atom. The second-order valence-corrected chi connectivity index (χ2v) is 8.00. The van der Waals surface area contributed by atoms with Crippen molar-refractivity contribution in [3.8, 4) is 0 Å². The molecule has 0 amide bonds. The predicted octanol–water partition coefficient (Wildman–Crippen LogP) is 0.248. The Labute approximate surface area is 145 Å². The molecule has 1 saturated heterocycles. The number of nitrogens with one attached hydrogen (secondary N) is 1. The molecular formula is C15H21N5O4S. The molecule has 1 fully saturated rings. The maximum absolute atomic E-state index is 12.6. The van der Waals surface area contributed by atoms with E-state index < -0.39 is 22.1 Å². The fourth-order valence-corrected chi connectivity index (χ4v) is 3.84. The van der Waals surface area contributed by atoms with E-state index in [1.165, 1.54) is 23.3 Å². The zero-order chi connectivity index (χ0) is 18.2. The molecule has 3 rings (SSSR count). The Hall–Kier alpha value is -2.04. The van der Waals surface area contributed by atoms with E-state index in [0.717, 1.165) is 0 Å². The second-order valence-electron chi connectivity index (χ2n) is 6.34. The maximum Gasteiger partial charge on any atom is 0.267 e. The molecule has 25 heavy (non-hydrogen) atoms. The molecule has 1 aliphatic rings. The number of hydrogen-bond donors (Lipinski definition) is 1. The van der Waals surface area contributed by atoms with Crippen molar-refractivity contribution in [1.82, 2.24) is 24.1 Å².